The summed E-state index contributed by atoms with van der Waals surface area (Å²) in [7, 11) is 2.94. The predicted octanol–water partition coefficient (Wildman–Crippen LogP) is -0.0593. The van der Waals surface area contributed by atoms with E-state index in [2.05, 4.69) is 26.3 Å². The summed E-state index contributed by atoms with van der Waals surface area (Å²) in [6, 6.07) is 1.58. The number of nitrogens with one attached hydrogen (secondary N) is 4. The Morgan fingerprint density at radius 2 is 1.82 bits per heavy atom. The standard InChI is InChI=1S/C26H37N7O7/c1-5-17(6-2)12-28-22(35)14-33-11-7-8-19(26(33)39)31-23(36)18(9-10-21(34)25(38)29-16-40-4)30-24(37)20-13-27-15-32(20)3/h7-8,11,13,15,17-18H,5-6,9-10,12,14,16H2,1-4H3,(H,28,35)(H,29,38)(H,30,37)(H,31,36)/t18-/m0/s1. The maximum Gasteiger partial charge on any atom is 0.289 e. The average Bonchev–Trinajstić information content (AvgIpc) is 3.37. The van der Waals surface area contributed by atoms with Crippen LogP contribution in [0.1, 0.15) is 50.0 Å². The number of ether oxygens (including phenoxy) is 1. The van der Waals surface area contributed by atoms with Gasteiger partial charge in [-0.2, -0.15) is 0 Å². The Labute approximate surface area is 231 Å². The summed E-state index contributed by atoms with van der Waals surface area (Å²) < 4.78 is 7.31. The van der Waals surface area contributed by atoms with Gasteiger partial charge in [-0.1, -0.05) is 26.7 Å². The lowest BCUT2D eigenvalue weighted by atomic mass is 10.0. The number of nitrogens with zero attached hydrogens (tertiary/aromatic N) is 3. The van der Waals surface area contributed by atoms with E-state index in [1.54, 1.807) is 7.05 Å². The lowest BCUT2D eigenvalue weighted by Gasteiger charge is -2.18. The van der Waals surface area contributed by atoms with Crippen LogP contribution >= 0.6 is 0 Å². The van der Waals surface area contributed by atoms with Gasteiger partial charge in [0.15, 0.2) is 0 Å². The van der Waals surface area contributed by atoms with Gasteiger partial charge in [-0.15, -0.1) is 0 Å². The smallest absolute Gasteiger partial charge is 0.289 e. The number of rotatable bonds is 16. The van der Waals surface area contributed by atoms with Gasteiger partial charge in [-0.05, 0) is 24.5 Å². The molecular formula is C26H37N7O7. The zero-order valence-electron chi connectivity index (χ0n) is 23.2. The van der Waals surface area contributed by atoms with Crippen molar-refractivity contribution in [3.63, 3.8) is 0 Å². The highest BCUT2D eigenvalue weighted by molar-refractivity contribution is 6.36. The fourth-order valence-corrected chi connectivity index (χ4v) is 3.72. The molecule has 4 N–H and O–H groups in total. The molecule has 0 aromatic carbocycles. The summed E-state index contributed by atoms with van der Waals surface area (Å²) in [5.74, 6) is -3.14. The molecule has 0 spiro atoms. The minimum absolute atomic E-state index is 0.121. The van der Waals surface area contributed by atoms with Gasteiger partial charge in [0.1, 0.15) is 30.7 Å². The van der Waals surface area contributed by atoms with E-state index in [1.165, 1.54) is 42.5 Å². The number of aryl methyl sites for hydroxylation is 1. The highest BCUT2D eigenvalue weighted by atomic mass is 16.5. The number of methoxy groups -OCH3 is 1. The summed E-state index contributed by atoms with van der Waals surface area (Å²) in [6.07, 6.45) is 5.37. The minimum Gasteiger partial charge on any atom is -0.364 e. The number of ketones is 1. The van der Waals surface area contributed by atoms with Crippen molar-refractivity contribution < 1.29 is 28.7 Å². The Morgan fingerprint density at radius 3 is 2.45 bits per heavy atom. The molecule has 14 nitrogen and oxygen atoms in total. The molecule has 0 bridgehead atoms. The molecule has 0 radical (unpaired) electrons. The number of aromatic nitrogens is 3. The van der Waals surface area contributed by atoms with Crippen LogP contribution in [0.15, 0.2) is 35.6 Å². The Balaban J connectivity index is 2.16. The molecule has 0 saturated heterocycles. The van der Waals surface area contributed by atoms with Crippen LogP contribution in [0.2, 0.25) is 0 Å². The van der Waals surface area contributed by atoms with Crippen molar-refractivity contribution in [1.82, 2.24) is 30.1 Å². The van der Waals surface area contributed by atoms with Crippen molar-refractivity contribution >= 4 is 35.1 Å². The fraction of sp³-hybridized carbons (Fsp3) is 0.500. The molecule has 2 aromatic heterocycles. The molecule has 4 amide bonds. The van der Waals surface area contributed by atoms with Gasteiger partial charge in [0, 0.05) is 33.3 Å². The van der Waals surface area contributed by atoms with Crippen molar-refractivity contribution in [1.29, 1.82) is 0 Å². The second kappa shape index (κ2) is 15.9. The summed E-state index contributed by atoms with van der Waals surface area (Å²) in [6.45, 7) is 4.17. The minimum atomic E-state index is -1.28. The number of pyridine rings is 1. The predicted molar refractivity (Wildman–Crippen MR) is 145 cm³/mol. The third kappa shape index (κ3) is 9.45. The lowest BCUT2D eigenvalue weighted by molar-refractivity contribution is -0.139. The Morgan fingerprint density at radius 1 is 1.10 bits per heavy atom. The lowest BCUT2D eigenvalue weighted by Crippen LogP contribution is -2.46. The molecule has 0 aliphatic carbocycles. The largest absolute Gasteiger partial charge is 0.364 e. The van der Waals surface area contributed by atoms with E-state index in [4.69, 9.17) is 4.74 Å². The summed E-state index contributed by atoms with van der Waals surface area (Å²) in [5, 5.41) is 10.1. The van der Waals surface area contributed by atoms with E-state index in [1.807, 2.05) is 13.8 Å². The molecule has 0 fully saturated rings. The molecular weight excluding hydrogens is 522 g/mol. The normalized spacial score (nSPS) is 11.5. The number of anilines is 1. The van der Waals surface area contributed by atoms with Crippen LogP contribution < -0.4 is 26.8 Å². The summed E-state index contributed by atoms with van der Waals surface area (Å²) in [4.78, 5) is 79.3. The van der Waals surface area contributed by atoms with E-state index >= 15 is 0 Å². The first-order chi connectivity index (χ1) is 19.1. The van der Waals surface area contributed by atoms with Gasteiger partial charge in [0.05, 0.1) is 12.5 Å². The molecule has 40 heavy (non-hydrogen) atoms. The second-order valence-electron chi connectivity index (χ2n) is 9.15. The fourth-order valence-electron chi connectivity index (χ4n) is 3.72. The number of hydrogen-bond acceptors (Lipinski definition) is 8. The molecule has 0 unspecified atom stereocenters. The zero-order valence-corrected chi connectivity index (χ0v) is 23.2. The maximum absolute atomic E-state index is 13.2. The van der Waals surface area contributed by atoms with Crippen molar-refractivity contribution in [2.75, 3.05) is 25.7 Å². The van der Waals surface area contributed by atoms with Crippen LogP contribution in [-0.4, -0.2) is 70.0 Å². The maximum atomic E-state index is 13.2. The molecule has 0 aliphatic heterocycles. The van der Waals surface area contributed by atoms with Crippen LogP contribution in [0.4, 0.5) is 5.69 Å². The first-order valence-electron chi connectivity index (χ1n) is 12.9. The van der Waals surface area contributed by atoms with Gasteiger partial charge in [-0.25, -0.2) is 4.98 Å². The topological polar surface area (TPSA) is 183 Å². The van der Waals surface area contributed by atoms with Crippen LogP contribution in [0, 0.1) is 5.92 Å². The molecule has 2 rings (SSSR count). The molecule has 0 aliphatic rings. The van der Waals surface area contributed by atoms with Gasteiger partial charge >= 0.3 is 0 Å². The molecule has 0 saturated carbocycles. The zero-order chi connectivity index (χ0) is 29.7. The number of imidazole rings is 1. The first-order valence-corrected chi connectivity index (χ1v) is 12.9. The Hall–Kier alpha value is -4.33. The summed E-state index contributed by atoms with van der Waals surface area (Å²) >= 11 is 0. The highest BCUT2D eigenvalue weighted by Crippen LogP contribution is 2.08. The monoisotopic (exact) mass is 559 g/mol. The van der Waals surface area contributed by atoms with Crippen LogP contribution in [-0.2, 0) is 37.5 Å². The van der Waals surface area contributed by atoms with E-state index in [9.17, 15) is 28.8 Å². The van der Waals surface area contributed by atoms with Crippen molar-refractivity contribution in [3.05, 3.63) is 46.9 Å². The molecule has 218 valence electrons. The van der Waals surface area contributed by atoms with E-state index in [-0.39, 0.29) is 43.4 Å². The summed E-state index contributed by atoms with van der Waals surface area (Å²) in [5.41, 5.74) is -0.590. The van der Waals surface area contributed by atoms with Gasteiger partial charge in [0.2, 0.25) is 17.6 Å². The number of hydrogen-bond donors (Lipinski definition) is 4. The Kier molecular flexibility index (Phi) is 12.7. The third-order valence-corrected chi connectivity index (χ3v) is 6.30. The SMILES string of the molecule is CCC(CC)CNC(=O)Cn1cccc(NC(=O)[C@H](CCC(=O)C(=O)NCOC)NC(=O)c2cncn2C)c1=O. The van der Waals surface area contributed by atoms with Crippen LogP contribution in [0.5, 0.6) is 0 Å². The first kappa shape index (κ1) is 31.9. The third-order valence-electron chi connectivity index (χ3n) is 6.30. The number of carbonyl (C=O) groups excluding carboxylic acids is 5. The Bertz CT molecular complexity index is 1250. The molecule has 1 atom stereocenters. The average molecular weight is 560 g/mol. The number of carbonyl (C=O) groups is 5. The van der Waals surface area contributed by atoms with Crippen LogP contribution in [0.3, 0.4) is 0 Å². The molecule has 2 aromatic rings. The van der Waals surface area contributed by atoms with Crippen molar-refractivity contribution in [2.24, 2.45) is 13.0 Å². The molecule has 14 heteroatoms. The van der Waals surface area contributed by atoms with Gasteiger partial charge in [0.25, 0.3) is 17.4 Å². The van der Waals surface area contributed by atoms with Gasteiger partial charge in [-0.3, -0.25) is 28.8 Å². The molecule has 2 heterocycles. The number of Topliss-reactive ketones (excluding diaryl/α,β-unsaturated/α-hetero) is 1. The van der Waals surface area contributed by atoms with Crippen molar-refractivity contribution in [3.8, 4) is 0 Å². The van der Waals surface area contributed by atoms with Crippen LogP contribution in [0.25, 0.3) is 0 Å². The highest BCUT2D eigenvalue weighted by Gasteiger charge is 2.26. The number of amides is 4. The van der Waals surface area contributed by atoms with E-state index in [0.29, 0.717) is 12.5 Å². The quantitative estimate of drug-likeness (QED) is 0.163. The second-order valence-corrected chi connectivity index (χ2v) is 9.15. The van der Waals surface area contributed by atoms with E-state index < -0.39 is 35.1 Å². The van der Waals surface area contributed by atoms with E-state index in [0.717, 1.165) is 17.4 Å². The van der Waals surface area contributed by atoms with Gasteiger partial charge < -0.3 is 35.1 Å². The van der Waals surface area contributed by atoms with Crippen molar-refractivity contribution in [2.45, 2.75) is 52.1 Å².